The molecular formula is C60H39NO. The Morgan fingerprint density at radius 3 is 1.63 bits per heavy atom. The van der Waals surface area contributed by atoms with Crippen LogP contribution in [0.3, 0.4) is 0 Å². The van der Waals surface area contributed by atoms with E-state index < -0.39 is 0 Å². The van der Waals surface area contributed by atoms with Gasteiger partial charge in [-0.2, -0.15) is 0 Å². The first-order valence-corrected chi connectivity index (χ1v) is 21.3. The van der Waals surface area contributed by atoms with E-state index in [-0.39, 0.29) is 0 Å². The Balaban J connectivity index is 1.16. The number of furan rings is 1. The predicted molar refractivity (Wildman–Crippen MR) is 263 cm³/mol. The van der Waals surface area contributed by atoms with E-state index in [9.17, 15) is 0 Å². The average molecular weight is 790 g/mol. The molecule has 0 radical (unpaired) electrons. The zero-order chi connectivity index (χ0) is 41.0. The van der Waals surface area contributed by atoms with Crippen LogP contribution in [0.2, 0.25) is 0 Å². The van der Waals surface area contributed by atoms with Crippen LogP contribution in [0.15, 0.2) is 241 Å². The van der Waals surface area contributed by atoms with Crippen LogP contribution in [0.5, 0.6) is 0 Å². The van der Waals surface area contributed by atoms with Crippen LogP contribution in [0.25, 0.3) is 98.8 Å². The van der Waals surface area contributed by atoms with Gasteiger partial charge in [-0.1, -0.05) is 200 Å². The fourth-order valence-corrected chi connectivity index (χ4v) is 9.62. The second-order valence-corrected chi connectivity index (χ2v) is 16.0. The highest BCUT2D eigenvalue weighted by Gasteiger charge is 2.26. The third-order valence-electron chi connectivity index (χ3n) is 12.5. The van der Waals surface area contributed by atoms with Crippen molar-refractivity contribution in [2.24, 2.45) is 0 Å². The molecule has 0 saturated carbocycles. The van der Waals surface area contributed by atoms with Gasteiger partial charge >= 0.3 is 0 Å². The van der Waals surface area contributed by atoms with Gasteiger partial charge in [0.15, 0.2) is 0 Å². The van der Waals surface area contributed by atoms with Crippen molar-refractivity contribution in [1.82, 2.24) is 0 Å². The van der Waals surface area contributed by atoms with Crippen molar-refractivity contribution in [2.45, 2.75) is 0 Å². The molecule has 11 aromatic carbocycles. The molecule has 2 nitrogen and oxygen atoms in total. The molecule has 0 bridgehead atoms. The van der Waals surface area contributed by atoms with Gasteiger partial charge in [-0.15, -0.1) is 0 Å². The zero-order valence-corrected chi connectivity index (χ0v) is 33.9. The Kier molecular flexibility index (Phi) is 8.53. The van der Waals surface area contributed by atoms with Crippen molar-refractivity contribution < 1.29 is 4.42 Å². The van der Waals surface area contributed by atoms with Crippen LogP contribution in [0, 0.1) is 0 Å². The molecule has 0 aliphatic heterocycles. The van der Waals surface area contributed by atoms with E-state index in [0.29, 0.717) is 0 Å². The predicted octanol–water partition coefficient (Wildman–Crippen LogP) is 17.2. The topological polar surface area (TPSA) is 16.4 Å². The number of rotatable bonds is 7. The van der Waals surface area contributed by atoms with E-state index in [2.05, 4.69) is 241 Å². The molecule has 0 spiro atoms. The van der Waals surface area contributed by atoms with Gasteiger partial charge in [-0.05, 0) is 96.5 Å². The number of fused-ring (bicyclic) bond motifs is 7. The average Bonchev–Trinajstić information content (AvgIpc) is 3.75. The van der Waals surface area contributed by atoms with Crippen molar-refractivity contribution in [3.8, 4) is 44.5 Å². The minimum absolute atomic E-state index is 0.855. The standard InChI is InChI=1S/C60H39NO/c1-2-17-40(18-3-1)41-33-35-43(36-34-41)47-24-10-13-30-55(47)61(56-31-14-11-27-51(56)49-29-16-21-42-19-4-6-22-45(42)49)57-38-37-52(60-59(57)53-28-12-15-32-58(53)62-60)54-39-44-20-5-7-23-46(44)48-25-8-9-26-50(48)54/h1-39H. The second kappa shape index (κ2) is 14.8. The number of hydrogen-bond donors (Lipinski definition) is 0. The summed E-state index contributed by atoms with van der Waals surface area (Å²) in [6.45, 7) is 0. The van der Waals surface area contributed by atoms with Crippen LogP contribution in [0.4, 0.5) is 17.1 Å². The largest absolute Gasteiger partial charge is 0.455 e. The molecule has 62 heavy (non-hydrogen) atoms. The summed E-state index contributed by atoms with van der Waals surface area (Å²) in [5.41, 5.74) is 14.1. The summed E-state index contributed by atoms with van der Waals surface area (Å²) in [5, 5.41) is 9.43. The number of anilines is 3. The lowest BCUT2D eigenvalue weighted by Gasteiger charge is -2.31. The summed E-state index contributed by atoms with van der Waals surface area (Å²) in [7, 11) is 0. The summed E-state index contributed by atoms with van der Waals surface area (Å²) in [6, 6.07) is 85.4. The summed E-state index contributed by atoms with van der Waals surface area (Å²) in [6.07, 6.45) is 0. The van der Waals surface area contributed by atoms with Crippen LogP contribution >= 0.6 is 0 Å². The first-order chi connectivity index (χ1) is 30.8. The van der Waals surface area contributed by atoms with Gasteiger partial charge in [-0.3, -0.25) is 0 Å². The third-order valence-corrected chi connectivity index (χ3v) is 12.5. The molecule has 290 valence electrons. The highest BCUT2D eigenvalue weighted by Crippen LogP contribution is 2.51. The lowest BCUT2D eigenvalue weighted by Crippen LogP contribution is -2.13. The van der Waals surface area contributed by atoms with Crippen molar-refractivity contribution in [3.05, 3.63) is 237 Å². The van der Waals surface area contributed by atoms with Crippen LogP contribution in [-0.4, -0.2) is 0 Å². The molecule has 0 aliphatic rings. The monoisotopic (exact) mass is 789 g/mol. The van der Waals surface area contributed by atoms with Gasteiger partial charge in [-0.25, -0.2) is 0 Å². The number of nitrogens with zero attached hydrogens (tertiary/aromatic N) is 1. The highest BCUT2D eigenvalue weighted by atomic mass is 16.3. The van der Waals surface area contributed by atoms with Gasteiger partial charge < -0.3 is 9.32 Å². The molecule has 1 aromatic heterocycles. The van der Waals surface area contributed by atoms with E-state index in [4.69, 9.17) is 4.42 Å². The first-order valence-electron chi connectivity index (χ1n) is 21.3. The summed E-state index contributed by atoms with van der Waals surface area (Å²) < 4.78 is 7.08. The Labute approximate surface area is 360 Å². The maximum Gasteiger partial charge on any atom is 0.145 e. The number of para-hydroxylation sites is 3. The summed E-state index contributed by atoms with van der Waals surface area (Å²) in [4.78, 5) is 2.48. The lowest BCUT2D eigenvalue weighted by molar-refractivity contribution is 0.670. The Morgan fingerprint density at radius 1 is 0.274 bits per heavy atom. The van der Waals surface area contributed by atoms with Crippen molar-refractivity contribution in [2.75, 3.05) is 4.90 Å². The number of hydrogen-bond acceptors (Lipinski definition) is 2. The van der Waals surface area contributed by atoms with Crippen molar-refractivity contribution in [3.63, 3.8) is 0 Å². The molecule has 2 heteroatoms. The van der Waals surface area contributed by atoms with E-state index in [1.54, 1.807) is 0 Å². The van der Waals surface area contributed by atoms with Gasteiger partial charge in [0.2, 0.25) is 0 Å². The Morgan fingerprint density at radius 2 is 0.823 bits per heavy atom. The normalized spacial score (nSPS) is 11.5. The molecule has 12 aromatic rings. The van der Waals surface area contributed by atoms with Crippen LogP contribution in [-0.2, 0) is 0 Å². The molecule has 12 rings (SSSR count). The fraction of sp³-hybridized carbons (Fsp3) is 0. The van der Waals surface area contributed by atoms with Crippen molar-refractivity contribution >= 4 is 71.3 Å². The first kappa shape index (κ1) is 35.7. The van der Waals surface area contributed by atoms with E-state index in [1.807, 2.05) is 0 Å². The van der Waals surface area contributed by atoms with Crippen LogP contribution in [0.1, 0.15) is 0 Å². The zero-order valence-electron chi connectivity index (χ0n) is 33.9. The molecule has 0 N–H and O–H groups in total. The van der Waals surface area contributed by atoms with Crippen molar-refractivity contribution in [1.29, 1.82) is 0 Å². The Bertz CT molecular complexity index is 3630. The SMILES string of the molecule is c1ccc(-c2ccc(-c3ccccc3N(c3ccccc3-c3cccc4ccccc34)c3ccc(-c4cc5ccccc5c5ccccc45)c4oc5ccccc5c34)cc2)cc1. The Hall–Kier alpha value is -8.20. The smallest absolute Gasteiger partial charge is 0.145 e. The second-order valence-electron chi connectivity index (χ2n) is 16.0. The van der Waals surface area contributed by atoms with Gasteiger partial charge in [0.05, 0.1) is 22.4 Å². The van der Waals surface area contributed by atoms with Gasteiger partial charge in [0, 0.05) is 22.1 Å². The number of benzene rings is 11. The molecule has 0 aliphatic carbocycles. The maximum atomic E-state index is 7.08. The quantitative estimate of drug-likeness (QED) is 0.150. The molecule has 0 fully saturated rings. The lowest BCUT2D eigenvalue weighted by atomic mass is 9.91. The molecule has 0 atom stereocenters. The summed E-state index contributed by atoms with van der Waals surface area (Å²) in [5.74, 6) is 0. The van der Waals surface area contributed by atoms with Gasteiger partial charge in [0.25, 0.3) is 0 Å². The highest BCUT2D eigenvalue weighted by molar-refractivity contribution is 6.21. The minimum atomic E-state index is 0.855. The van der Waals surface area contributed by atoms with E-state index in [0.717, 1.165) is 66.8 Å². The van der Waals surface area contributed by atoms with E-state index >= 15 is 0 Å². The molecule has 0 amide bonds. The third kappa shape index (κ3) is 5.88. The molecule has 0 unspecified atom stereocenters. The summed E-state index contributed by atoms with van der Waals surface area (Å²) >= 11 is 0. The minimum Gasteiger partial charge on any atom is -0.455 e. The maximum absolute atomic E-state index is 7.08. The molecular weight excluding hydrogens is 751 g/mol. The van der Waals surface area contributed by atoms with Crippen LogP contribution < -0.4 is 4.90 Å². The molecule has 1 heterocycles. The van der Waals surface area contributed by atoms with Gasteiger partial charge in [0.1, 0.15) is 11.2 Å². The van der Waals surface area contributed by atoms with E-state index in [1.165, 1.54) is 49.0 Å². The molecule has 0 saturated heterocycles. The fourth-order valence-electron chi connectivity index (χ4n) is 9.62.